The van der Waals surface area contributed by atoms with Gasteiger partial charge in [-0.25, -0.2) is 0 Å². The topological polar surface area (TPSA) is 165 Å². The minimum Gasteiger partial charge on any atom is -0.510 e. The number of benzene rings is 1. The fraction of sp³-hybridized carbons (Fsp3) is 0.567. The summed E-state index contributed by atoms with van der Waals surface area (Å²) in [5.74, 6) is -8.44. The molecule has 2 fully saturated rings. The van der Waals surface area contributed by atoms with Crippen LogP contribution in [0.5, 0.6) is 5.75 Å². The summed E-state index contributed by atoms with van der Waals surface area (Å²) in [4.78, 5) is 42.7. The predicted octanol–water partition coefficient (Wildman–Crippen LogP) is 2.51. The number of amides is 1. The number of likely N-dealkylation sites (N-methyl/N-ethyl adjacent to an activating group) is 1. The second-order valence-corrected chi connectivity index (χ2v) is 12.8. The Labute approximate surface area is 245 Å². The van der Waals surface area contributed by atoms with Gasteiger partial charge in [-0.05, 0) is 81.6 Å². The maximum Gasteiger partial charge on any atom is 0.417 e. The molecule has 2 saturated carbocycles. The summed E-state index contributed by atoms with van der Waals surface area (Å²) in [6.45, 7) is 0.616. The highest BCUT2D eigenvalue weighted by molar-refractivity contribution is 6.24. The maximum absolute atomic E-state index is 14.8. The second-order valence-electron chi connectivity index (χ2n) is 12.8. The number of carbonyl (C=O) groups is 3. The van der Waals surface area contributed by atoms with E-state index < -0.39 is 98.7 Å². The van der Waals surface area contributed by atoms with E-state index in [0.29, 0.717) is 12.5 Å². The number of fused-ring (bicyclic) bond motifs is 3. The fourth-order valence-electron chi connectivity index (χ4n) is 7.50. The lowest BCUT2D eigenvalue weighted by Gasteiger charge is -2.50. The number of phenolic OH excluding ortho intramolecular Hbond substituents is 1. The van der Waals surface area contributed by atoms with E-state index in [1.807, 2.05) is 4.90 Å². The number of phenols is 1. The summed E-state index contributed by atoms with van der Waals surface area (Å²) in [6, 6.07) is -0.108. The molecular formula is C30H34F3N3O7. The maximum atomic E-state index is 14.8. The van der Waals surface area contributed by atoms with E-state index in [-0.39, 0.29) is 24.6 Å². The fourth-order valence-corrected chi connectivity index (χ4v) is 7.50. The predicted molar refractivity (Wildman–Crippen MR) is 145 cm³/mol. The van der Waals surface area contributed by atoms with Gasteiger partial charge in [0.05, 0.1) is 17.2 Å². The number of hydrogen-bond donors (Lipinski definition) is 5. The van der Waals surface area contributed by atoms with E-state index in [1.165, 1.54) is 19.0 Å². The molecule has 10 nitrogen and oxygen atoms in total. The van der Waals surface area contributed by atoms with Gasteiger partial charge in [0.1, 0.15) is 22.8 Å². The lowest BCUT2D eigenvalue weighted by Crippen LogP contribution is -2.63. The number of hydrogen-bond acceptors (Lipinski definition) is 9. The van der Waals surface area contributed by atoms with Crippen LogP contribution in [0.4, 0.5) is 13.2 Å². The highest BCUT2D eigenvalue weighted by Crippen LogP contribution is 2.54. The van der Waals surface area contributed by atoms with E-state index in [2.05, 4.69) is 0 Å². The van der Waals surface area contributed by atoms with Crippen molar-refractivity contribution in [2.45, 2.75) is 68.9 Å². The van der Waals surface area contributed by atoms with Crippen LogP contribution in [-0.4, -0.2) is 86.0 Å². The molecule has 0 aromatic heterocycles. The third-order valence-electron chi connectivity index (χ3n) is 9.72. The van der Waals surface area contributed by atoms with Crippen molar-refractivity contribution in [2.75, 3.05) is 20.6 Å². The van der Waals surface area contributed by atoms with Crippen molar-refractivity contribution in [3.8, 4) is 5.75 Å². The zero-order valence-corrected chi connectivity index (χ0v) is 23.7. The number of aliphatic hydroxyl groups is 3. The van der Waals surface area contributed by atoms with Crippen LogP contribution < -0.4 is 5.73 Å². The number of allylic oxidation sites excluding steroid dienone is 1. The van der Waals surface area contributed by atoms with Crippen LogP contribution in [0.2, 0.25) is 0 Å². The monoisotopic (exact) mass is 605 g/mol. The van der Waals surface area contributed by atoms with Gasteiger partial charge in [-0.3, -0.25) is 24.2 Å². The highest BCUT2D eigenvalue weighted by atomic mass is 19.4. The SMILES string of the molecule is CN(C)[C@@H]1C(O)=C(C(N)=O)C(=O)[C@@]2(O)C(O)=C3C(=O)c4c(O)cc(CN(CC5CC5)C5CC5)c(C(F)(F)F)c4C[C@H]3C[C@@H]12. The van der Waals surface area contributed by atoms with Crippen molar-refractivity contribution in [3.05, 3.63) is 51.0 Å². The Bertz CT molecular complexity index is 1510. The third kappa shape index (κ3) is 4.54. The Morgan fingerprint density at radius 2 is 1.77 bits per heavy atom. The number of alkyl halides is 3. The van der Waals surface area contributed by atoms with Gasteiger partial charge in [-0.1, -0.05) is 0 Å². The Morgan fingerprint density at radius 3 is 2.30 bits per heavy atom. The summed E-state index contributed by atoms with van der Waals surface area (Å²) < 4.78 is 44.4. The molecule has 232 valence electrons. The number of halogens is 3. The zero-order valence-electron chi connectivity index (χ0n) is 23.7. The largest absolute Gasteiger partial charge is 0.510 e. The number of carbonyl (C=O) groups excluding carboxylic acids is 3. The van der Waals surface area contributed by atoms with Gasteiger partial charge in [0, 0.05) is 30.6 Å². The molecule has 0 radical (unpaired) electrons. The van der Waals surface area contributed by atoms with Gasteiger partial charge < -0.3 is 26.2 Å². The van der Waals surface area contributed by atoms with Crippen molar-refractivity contribution >= 4 is 17.5 Å². The lowest BCUT2D eigenvalue weighted by molar-refractivity contribution is -0.148. The van der Waals surface area contributed by atoms with Crippen LogP contribution in [0.3, 0.4) is 0 Å². The van der Waals surface area contributed by atoms with E-state index >= 15 is 0 Å². The number of aliphatic hydroxyl groups excluding tert-OH is 2. The van der Waals surface area contributed by atoms with Gasteiger partial charge in [0.25, 0.3) is 5.91 Å². The minimum atomic E-state index is -4.87. The molecule has 0 spiro atoms. The number of Topliss-reactive ketones (excluding diaryl/α,β-unsaturated/α-hetero) is 2. The molecule has 0 unspecified atom stereocenters. The first-order valence-electron chi connectivity index (χ1n) is 14.4. The molecule has 0 aliphatic heterocycles. The average Bonchev–Trinajstić information content (AvgIpc) is 3.79. The summed E-state index contributed by atoms with van der Waals surface area (Å²) in [6.07, 6.45) is -1.77. The number of rotatable bonds is 7. The Balaban J connectivity index is 1.49. The average molecular weight is 606 g/mol. The van der Waals surface area contributed by atoms with Crippen molar-refractivity contribution in [1.82, 2.24) is 9.80 Å². The molecule has 5 aliphatic carbocycles. The molecular weight excluding hydrogens is 571 g/mol. The molecule has 4 atom stereocenters. The van der Waals surface area contributed by atoms with Gasteiger partial charge in [-0.15, -0.1) is 0 Å². The third-order valence-corrected chi connectivity index (χ3v) is 9.72. The van der Waals surface area contributed by atoms with E-state index in [9.17, 15) is 48.0 Å². The quantitative estimate of drug-likeness (QED) is 0.294. The van der Waals surface area contributed by atoms with Gasteiger partial charge in [-0.2, -0.15) is 13.2 Å². The smallest absolute Gasteiger partial charge is 0.417 e. The van der Waals surface area contributed by atoms with Crippen LogP contribution in [0.15, 0.2) is 28.7 Å². The summed E-state index contributed by atoms with van der Waals surface area (Å²) >= 11 is 0. The second kappa shape index (κ2) is 9.80. The molecule has 0 bridgehead atoms. The first kappa shape index (κ1) is 29.6. The van der Waals surface area contributed by atoms with E-state index in [1.54, 1.807) is 0 Å². The van der Waals surface area contributed by atoms with E-state index in [0.717, 1.165) is 31.7 Å². The van der Waals surface area contributed by atoms with Crippen LogP contribution in [0, 0.1) is 17.8 Å². The summed E-state index contributed by atoms with van der Waals surface area (Å²) in [5, 5.41) is 44.9. The normalized spacial score (nSPS) is 29.3. The zero-order chi connectivity index (χ0) is 31.3. The number of aromatic hydroxyl groups is 1. The molecule has 6 rings (SSSR count). The number of nitrogens with two attached hydrogens (primary N) is 1. The molecule has 5 aliphatic rings. The lowest BCUT2D eigenvalue weighted by atomic mass is 9.58. The van der Waals surface area contributed by atoms with Crippen LogP contribution >= 0.6 is 0 Å². The van der Waals surface area contributed by atoms with Gasteiger partial charge in [0.15, 0.2) is 11.4 Å². The van der Waals surface area contributed by atoms with Crippen molar-refractivity contribution in [1.29, 1.82) is 0 Å². The van der Waals surface area contributed by atoms with Gasteiger partial charge in [0.2, 0.25) is 5.78 Å². The molecule has 43 heavy (non-hydrogen) atoms. The van der Waals surface area contributed by atoms with Crippen molar-refractivity contribution < 1.29 is 48.0 Å². The molecule has 1 aromatic rings. The first-order chi connectivity index (χ1) is 20.1. The Morgan fingerprint density at radius 1 is 1.12 bits per heavy atom. The molecule has 13 heteroatoms. The number of nitrogens with zero attached hydrogens (tertiary/aromatic N) is 2. The van der Waals surface area contributed by atoms with Gasteiger partial charge >= 0.3 is 6.18 Å². The molecule has 0 heterocycles. The Kier molecular flexibility index (Phi) is 6.75. The molecule has 1 amide bonds. The highest BCUT2D eigenvalue weighted by Gasteiger charge is 2.63. The molecule has 1 aromatic carbocycles. The summed E-state index contributed by atoms with van der Waals surface area (Å²) in [5.41, 5.74) is -1.17. The molecule has 0 saturated heterocycles. The van der Waals surface area contributed by atoms with Crippen LogP contribution in [0.25, 0.3) is 0 Å². The Hall–Kier alpha value is -3.42. The van der Waals surface area contributed by atoms with Crippen LogP contribution in [-0.2, 0) is 28.7 Å². The first-order valence-corrected chi connectivity index (χ1v) is 14.4. The summed E-state index contributed by atoms with van der Waals surface area (Å²) in [7, 11) is 2.96. The molecule has 6 N–H and O–H groups in total. The number of primary amides is 1. The van der Waals surface area contributed by atoms with Crippen LogP contribution in [0.1, 0.15) is 59.2 Å². The van der Waals surface area contributed by atoms with Crippen molar-refractivity contribution in [3.63, 3.8) is 0 Å². The van der Waals surface area contributed by atoms with E-state index in [4.69, 9.17) is 5.73 Å². The van der Waals surface area contributed by atoms with Crippen molar-refractivity contribution in [2.24, 2.45) is 23.5 Å². The minimum absolute atomic E-state index is 0.0439. The standard InChI is InChI=1S/C30H34F3N3O7/c1-35(2)23-17-8-13-7-16-20(24(38)19(13)26(40)29(17,43)27(41)21(25(23)39)28(34)42)18(37)9-14(22(16)30(31,32)33)11-36(15-5-6-15)10-12-3-4-12/h9,12-13,15,17,23,37,39-40,43H,3-8,10-11H2,1-2H3,(H2,34,42)/t13-,17-,23-,29-/m0/s1. The number of ketones is 2.